The van der Waals surface area contributed by atoms with Crippen LogP contribution in [0, 0.1) is 16.7 Å². The summed E-state index contributed by atoms with van der Waals surface area (Å²) in [4.78, 5) is 0. The number of anilines is 1. The molecule has 0 aromatic heterocycles. The SMILES string of the molecule is CC(C)(C#N)CCCNc1ccc2c(c1)OCCCO2. The summed E-state index contributed by atoms with van der Waals surface area (Å²) in [7, 11) is 0. The van der Waals surface area contributed by atoms with E-state index in [9.17, 15) is 0 Å². The number of fused-ring (bicyclic) bond motifs is 1. The van der Waals surface area contributed by atoms with Crippen LogP contribution in [-0.2, 0) is 0 Å². The minimum atomic E-state index is -0.244. The van der Waals surface area contributed by atoms with Gasteiger partial charge < -0.3 is 14.8 Å². The molecule has 4 heteroatoms. The maximum atomic E-state index is 8.97. The minimum absolute atomic E-state index is 0.244. The molecule has 4 nitrogen and oxygen atoms in total. The van der Waals surface area contributed by atoms with Crippen molar-refractivity contribution in [2.24, 2.45) is 5.41 Å². The van der Waals surface area contributed by atoms with E-state index in [1.165, 1.54) is 0 Å². The summed E-state index contributed by atoms with van der Waals surface area (Å²) < 4.78 is 11.3. The number of hydrogen-bond acceptors (Lipinski definition) is 4. The number of nitrogens with one attached hydrogen (secondary N) is 1. The molecule has 0 saturated carbocycles. The van der Waals surface area contributed by atoms with Gasteiger partial charge in [-0.1, -0.05) is 0 Å². The van der Waals surface area contributed by atoms with Gasteiger partial charge in [0.05, 0.1) is 24.7 Å². The zero-order chi connectivity index (χ0) is 14.4. The number of nitriles is 1. The quantitative estimate of drug-likeness (QED) is 0.834. The fourth-order valence-electron chi connectivity index (χ4n) is 2.09. The molecule has 108 valence electrons. The molecule has 20 heavy (non-hydrogen) atoms. The zero-order valence-electron chi connectivity index (χ0n) is 12.2. The average molecular weight is 274 g/mol. The maximum absolute atomic E-state index is 8.97. The van der Waals surface area contributed by atoms with Crippen LogP contribution >= 0.6 is 0 Å². The van der Waals surface area contributed by atoms with Crippen LogP contribution in [0.5, 0.6) is 11.5 Å². The molecule has 1 aromatic rings. The predicted molar refractivity (Wildman–Crippen MR) is 79.2 cm³/mol. The summed E-state index contributed by atoms with van der Waals surface area (Å²) >= 11 is 0. The van der Waals surface area contributed by atoms with Crippen LogP contribution < -0.4 is 14.8 Å². The smallest absolute Gasteiger partial charge is 0.163 e. The van der Waals surface area contributed by atoms with Gasteiger partial charge in [0.25, 0.3) is 0 Å². The lowest BCUT2D eigenvalue weighted by atomic mass is 9.90. The van der Waals surface area contributed by atoms with Gasteiger partial charge in [0, 0.05) is 24.7 Å². The van der Waals surface area contributed by atoms with Crippen molar-refractivity contribution < 1.29 is 9.47 Å². The molecule has 0 bridgehead atoms. The van der Waals surface area contributed by atoms with E-state index in [4.69, 9.17) is 14.7 Å². The largest absolute Gasteiger partial charge is 0.490 e. The van der Waals surface area contributed by atoms with Crippen molar-refractivity contribution in [2.75, 3.05) is 25.1 Å². The summed E-state index contributed by atoms with van der Waals surface area (Å²) in [5.74, 6) is 1.63. The minimum Gasteiger partial charge on any atom is -0.490 e. The van der Waals surface area contributed by atoms with Crippen LogP contribution in [0.15, 0.2) is 18.2 Å². The molecule has 0 spiro atoms. The van der Waals surface area contributed by atoms with Crippen LogP contribution in [0.1, 0.15) is 33.1 Å². The van der Waals surface area contributed by atoms with Gasteiger partial charge in [0.2, 0.25) is 0 Å². The van der Waals surface area contributed by atoms with E-state index >= 15 is 0 Å². The van der Waals surface area contributed by atoms with Crippen LogP contribution in [0.2, 0.25) is 0 Å². The number of nitrogens with zero attached hydrogens (tertiary/aromatic N) is 1. The highest BCUT2D eigenvalue weighted by Crippen LogP contribution is 2.32. The third kappa shape index (κ3) is 4.06. The molecule has 1 aliphatic rings. The molecule has 1 aromatic carbocycles. The van der Waals surface area contributed by atoms with Gasteiger partial charge in [-0.15, -0.1) is 0 Å². The first kappa shape index (κ1) is 14.5. The Morgan fingerprint density at radius 1 is 1.25 bits per heavy atom. The van der Waals surface area contributed by atoms with Gasteiger partial charge in [0.15, 0.2) is 11.5 Å². The van der Waals surface area contributed by atoms with Crippen molar-refractivity contribution in [1.29, 1.82) is 5.26 Å². The predicted octanol–water partition coefficient (Wildman–Crippen LogP) is 3.59. The molecular weight excluding hydrogens is 252 g/mol. The van der Waals surface area contributed by atoms with E-state index in [1.54, 1.807) is 0 Å². The average Bonchev–Trinajstić information content (AvgIpc) is 2.68. The van der Waals surface area contributed by atoms with Crippen molar-refractivity contribution in [1.82, 2.24) is 0 Å². The Bertz CT molecular complexity index is 492. The van der Waals surface area contributed by atoms with E-state index in [1.807, 2.05) is 32.0 Å². The normalized spacial score (nSPS) is 14.2. The van der Waals surface area contributed by atoms with Gasteiger partial charge in [-0.2, -0.15) is 5.26 Å². The first-order valence-corrected chi connectivity index (χ1v) is 7.15. The standard InChI is InChI=1S/C16H22N2O2/c1-16(2,12-17)7-3-8-18-13-5-6-14-15(11-13)20-10-4-9-19-14/h5-6,11,18H,3-4,7-10H2,1-2H3. The Morgan fingerprint density at radius 3 is 2.75 bits per heavy atom. The van der Waals surface area contributed by atoms with E-state index in [0.29, 0.717) is 13.2 Å². The summed E-state index contributed by atoms with van der Waals surface area (Å²) in [6.07, 6.45) is 2.77. The number of hydrogen-bond donors (Lipinski definition) is 1. The molecule has 1 aliphatic heterocycles. The van der Waals surface area contributed by atoms with Crippen molar-refractivity contribution in [3.63, 3.8) is 0 Å². The summed E-state index contributed by atoms with van der Waals surface area (Å²) in [6, 6.07) is 8.26. The topological polar surface area (TPSA) is 54.3 Å². The fourth-order valence-corrected chi connectivity index (χ4v) is 2.09. The molecule has 0 radical (unpaired) electrons. The third-order valence-electron chi connectivity index (χ3n) is 3.36. The molecule has 1 N–H and O–H groups in total. The Morgan fingerprint density at radius 2 is 2.00 bits per heavy atom. The van der Waals surface area contributed by atoms with E-state index < -0.39 is 0 Å². The van der Waals surface area contributed by atoms with Gasteiger partial charge in [-0.3, -0.25) is 0 Å². The van der Waals surface area contributed by atoms with Crippen molar-refractivity contribution >= 4 is 5.69 Å². The van der Waals surface area contributed by atoms with Gasteiger partial charge >= 0.3 is 0 Å². The third-order valence-corrected chi connectivity index (χ3v) is 3.36. The monoisotopic (exact) mass is 274 g/mol. The van der Waals surface area contributed by atoms with Crippen molar-refractivity contribution in [2.45, 2.75) is 33.1 Å². The highest BCUT2D eigenvalue weighted by atomic mass is 16.5. The zero-order valence-corrected chi connectivity index (χ0v) is 12.2. The van der Waals surface area contributed by atoms with Gasteiger partial charge in [0.1, 0.15) is 0 Å². The molecule has 0 unspecified atom stereocenters. The molecular formula is C16H22N2O2. The number of benzene rings is 1. The fraction of sp³-hybridized carbons (Fsp3) is 0.562. The lowest BCUT2D eigenvalue weighted by molar-refractivity contribution is 0.297. The summed E-state index contributed by atoms with van der Waals surface area (Å²) in [6.45, 7) is 6.21. The summed E-state index contributed by atoms with van der Waals surface area (Å²) in [5, 5.41) is 12.3. The second-order valence-electron chi connectivity index (χ2n) is 5.74. The Hall–Kier alpha value is -1.89. The highest BCUT2D eigenvalue weighted by Gasteiger charge is 2.15. The van der Waals surface area contributed by atoms with Crippen molar-refractivity contribution in [3.05, 3.63) is 18.2 Å². The highest BCUT2D eigenvalue weighted by molar-refractivity contribution is 5.54. The van der Waals surface area contributed by atoms with Crippen molar-refractivity contribution in [3.8, 4) is 17.6 Å². The molecule has 0 fully saturated rings. The van der Waals surface area contributed by atoms with Crippen LogP contribution in [0.3, 0.4) is 0 Å². The maximum Gasteiger partial charge on any atom is 0.163 e. The Labute approximate surface area is 120 Å². The van der Waals surface area contributed by atoms with Crippen LogP contribution in [0.25, 0.3) is 0 Å². The first-order chi connectivity index (χ1) is 9.61. The van der Waals surface area contributed by atoms with E-state index in [-0.39, 0.29) is 5.41 Å². The van der Waals surface area contributed by atoms with Gasteiger partial charge in [-0.05, 0) is 38.8 Å². The second-order valence-corrected chi connectivity index (χ2v) is 5.74. The lowest BCUT2D eigenvalue weighted by Gasteiger charge is -2.15. The molecule has 0 amide bonds. The Kier molecular flexibility index (Phi) is 4.73. The second kappa shape index (κ2) is 6.51. The van der Waals surface area contributed by atoms with E-state index in [2.05, 4.69) is 11.4 Å². The molecule has 0 saturated heterocycles. The number of ether oxygens (including phenoxy) is 2. The van der Waals surface area contributed by atoms with Crippen LogP contribution in [-0.4, -0.2) is 19.8 Å². The Balaban J connectivity index is 1.85. The molecule has 1 heterocycles. The lowest BCUT2D eigenvalue weighted by Crippen LogP contribution is -2.11. The van der Waals surface area contributed by atoms with E-state index in [0.717, 1.165) is 43.0 Å². The molecule has 0 atom stereocenters. The summed E-state index contributed by atoms with van der Waals surface area (Å²) in [5.41, 5.74) is 0.788. The molecule has 2 rings (SSSR count). The number of rotatable bonds is 5. The molecule has 0 aliphatic carbocycles. The first-order valence-electron chi connectivity index (χ1n) is 7.15. The van der Waals surface area contributed by atoms with Crippen LogP contribution in [0.4, 0.5) is 5.69 Å². The van der Waals surface area contributed by atoms with Gasteiger partial charge in [-0.25, -0.2) is 0 Å².